The Morgan fingerprint density at radius 3 is 2.80 bits per heavy atom. The first-order valence-electron chi connectivity index (χ1n) is 7.81. The molecule has 2 N–H and O–H groups in total. The van der Waals surface area contributed by atoms with Gasteiger partial charge < -0.3 is 15.0 Å². The van der Waals surface area contributed by atoms with Crippen LogP contribution in [-0.4, -0.2) is 45.4 Å². The van der Waals surface area contributed by atoms with Crippen LogP contribution in [0.3, 0.4) is 0 Å². The Balaban J connectivity index is 2.04. The zero-order chi connectivity index (χ0) is 17.9. The number of amides is 2. The van der Waals surface area contributed by atoms with Crippen LogP contribution in [0.2, 0.25) is 0 Å². The Morgan fingerprint density at radius 1 is 1.36 bits per heavy atom. The number of imide groups is 1. The third-order valence-electron chi connectivity index (χ3n) is 4.64. The quantitative estimate of drug-likeness (QED) is 0.772. The molecule has 9 nitrogen and oxygen atoms in total. The molecular weight excluding hydrogens is 328 g/mol. The maximum Gasteiger partial charge on any atom is 0.341 e. The Labute approximate surface area is 140 Å². The molecule has 2 aliphatic heterocycles. The van der Waals surface area contributed by atoms with Crippen molar-refractivity contribution < 1.29 is 19.5 Å². The summed E-state index contributed by atoms with van der Waals surface area (Å²) in [7, 11) is 0. The van der Waals surface area contributed by atoms with Gasteiger partial charge in [-0.1, -0.05) is 0 Å². The summed E-state index contributed by atoms with van der Waals surface area (Å²) in [6, 6.07) is 0.933. The molecule has 1 fully saturated rings. The number of pyridine rings is 2. The number of rotatable bonds is 1. The van der Waals surface area contributed by atoms with E-state index < -0.39 is 28.9 Å². The lowest BCUT2D eigenvalue weighted by Crippen LogP contribution is -2.52. The zero-order valence-electron chi connectivity index (χ0n) is 13.3. The summed E-state index contributed by atoms with van der Waals surface area (Å²) in [6.45, 7) is 1.90. The van der Waals surface area contributed by atoms with E-state index in [2.05, 4.69) is 9.97 Å². The molecule has 0 bridgehead atoms. The van der Waals surface area contributed by atoms with Crippen molar-refractivity contribution in [3.8, 4) is 0 Å². The molecule has 2 amide bonds. The molecule has 0 unspecified atom stereocenters. The lowest BCUT2D eigenvalue weighted by Gasteiger charge is -2.37. The average Bonchev–Trinajstić information content (AvgIpc) is 3.04. The molecule has 2 aromatic heterocycles. The van der Waals surface area contributed by atoms with E-state index >= 15 is 0 Å². The number of anilines is 2. The number of carboxylic acid groups (broad SMARTS) is 1. The lowest BCUT2D eigenvalue weighted by molar-refractivity contribution is -0.126. The van der Waals surface area contributed by atoms with E-state index in [0.29, 0.717) is 18.8 Å². The van der Waals surface area contributed by atoms with Gasteiger partial charge in [-0.15, -0.1) is 0 Å². The van der Waals surface area contributed by atoms with Gasteiger partial charge in [0.1, 0.15) is 17.3 Å². The number of fused-ring (bicyclic) bond motifs is 4. The summed E-state index contributed by atoms with van der Waals surface area (Å²) in [5.41, 5.74) is -0.700. The van der Waals surface area contributed by atoms with Crippen LogP contribution in [0.1, 0.15) is 30.1 Å². The molecule has 9 heteroatoms. The number of aromatic carboxylic acids is 1. The molecule has 0 saturated carbocycles. The summed E-state index contributed by atoms with van der Waals surface area (Å²) in [5.74, 6) is -1.72. The molecule has 2 aliphatic rings. The van der Waals surface area contributed by atoms with Gasteiger partial charge >= 0.3 is 5.97 Å². The van der Waals surface area contributed by atoms with Gasteiger partial charge in [0.05, 0.1) is 11.1 Å². The number of hydrogen-bond acceptors (Lipinski definition) is 6. The molecule has 2 aromatic rings. The minimum Gasteiger partial charge on any atom is -0.477 e. The monoisotopic (exact) mass is 342 g/mol. The average molecular weight is 342 g/mol. The van der Waals surface area contributed by atoms with Crippen LogP contribution in [-0.2, 0) is 9.59 Å². The fraction of sp³-hybridized carbons (Fsp3) is 0.312. The van der Waals surface area contributed by atoms with Crippen LogP contribution >= 0.6 is 0 Å². The zero-order valence-corrected chi connectivity index (χ0v) is 13.3. The number of aromatic amines is 1. The van der Waals surface area contributed by atoms with Gasteiger partial charge in [0.25, 0.3) is 5.91 Å². The molecule has 1 atom stereocenters. The maximum atomic E-state index is 12.7. The molecular formula is C16H14N4O5. The topological polar surface area (TPSA) is 124 Å². The highest BCUT2D eigenvalue weighted by atomic mass is 16.4. The normalized spacial score (nSPS) is 19.1. The van der Waals surface area contributed by atoms with Gasteiger partial charge in [-0.05, 0) is 18.9 Å². The highest BCUT2D eigenvalue weighted by Gasteiger charge is 2.43. The molecule has 4 heterocycles. The first-order valence-corrected chi connectivity index (χ1v) is 7.81. The predicted octanol–water partition coefficient (Wildman–Crippen LogP) is 0.483. The van der Waals surface area contributed by atoms with Crippen LogP contribution in [0.5, 0.6) is 0 Å². The summed E-state index contributed by atoms with van der Waals surface area (Å²) in [5, 5.41) is 9.13. The Morgan fingerprint density at radius 2 is 2.12 bits per heavy atom. The SMILES string of the molecule is CC(=O)N1C(=O)[C@@H]2CCCN2c2nc3[nH]cc(C(=O)O)c(=O)c3cc21. The number of carboxylic acids is 1. The number of carbonyl (C=O) groups excluding carboxylic acids is 2. The van der Waals surface area contributed by atoms with E-state index in [-0.39, 0.29) is 22.6 Å². The van der Waals surface area contributed by atoms with Crippen molar-refractivity contribution in [2.45, 2.75) is 25.8 Å². The van der Waals surface area contributed by atoms with Crippen LogP contribution in [0.15, 0.2) is 17.1 Å². The third kappa shape index (κ3) is 2.05. The number of hydrogen-bond donors (Lipinski definition) is 2. The highest BCUT2D eigenvalue weighted by Crippen LogP contribution is 2.39. The molecule has 1 saturated heterocycles. The van der Waals surface area contributed by atoms with Gasteiger partial charge in [-0.2, -0.15) is 0 Å². The van der Waals surface area contributed by atoms with E-state index in [1.165, 1.54) is 13.0 Å². The van der Waals surface area contributed by atoms with Gasteiger partial charge in [-0.3, -0.25) is 14.4 Å². The summed E-state index contributed by atoms with van der Waals surface area (Å²) in [4.78, 5) is 58.3. The largest absolute Gasteiger partial charge is 0.477 e. The maximum absolute atomic E-state index is 12.7. The summed E-state index contributed by atoms with van der Waals surface area (Å²) in [6.07, 6.45) is 2.54. The van der Waals surface area contributed by atoms with E-state index in [0.717, 1.165) is 17.5 Å². The van der Waals surface area contributed by atoms with Crippen LogP contribution in [0.25, 0.3) is 11.0 Å². The Hall–Kier alpha value is -3.23. The van der Waals surface area contributed by atoms with Gasteiger partial charge in [0.2, 0.25) is 11.3 Å². The number of H-pyrrole nitrogens is 1. The second-order valence-corrected chi connectivity index (χ2v) is 6.11. The summed E-state index contributed by atoms with van der Waals surface area (Å²) < 4.78 is 0. The minimum atomic E-state index is -1.36. The number of aromatic nitrogens is 2. The first-order chi connectivity index (χ1) is 11.9. The van der Waals surface area contributed by atoms with Crippen LogP contribution in [0, 0.1) is 0 Å². The van der Waals surface area contributed by atoms with Crippen molar-refractivity contribution in [2.24, 2.45) is 0 Å². The molecule has 128 valence electrons. The van der Waals surface area contributed by atoms with Crippen LogP contribution < -0.4 is 15.2 Å². The Kier molecular flexibility index (Phi) is 3.14. The van der Waals surface area contributed by atoms with Crippen molar-refractivity contribution in [3.05, 3.63) is 28.0 Å². The van der Waals surface area contributed by atoms with E-state index in [9.17, 15) is 19.2 Å². The minimum absolute atomic E-state index is 0.0235. The predicted molar refractivity (Wildman–Crippen MR) is 87.9 cm³/mol. The number of nitrogens with one attached hydrogen (secondary N) is 1. The van der Waals surface area contributed by atoms with E-state index in [1.807, 2.05) is 4.90 Å². The molecule has 0 aromatic carbocycles. The molecule has 4 rings (SSSR count). The van der Waals surface area contributed by atoms with Gasteiger partial charge in [0.15, 0.2) is 5.82 Å². The molecule has 0 aliphatic carbocycles. The van der Waals surface area contributed by atoms with Crippen molar-refractivity contribution >= 4 is 40.3 Å². The smallest absolute Gasteiger partial charge is 0.341 e. The van der Waals surface area contributed by atoms with E-state index in [4.69, 9.17) is 5.11 Å². The van der Waals surface area contributed by atoms with Gasteiger partial charge in [0, 0.05) is 19.7 Å². The van der Waals surface area contributed by atoms with Crippen molar-refractivity contribution in [1.29, 1.82) is 0 Å². The first kappa shape index (κ1) is 15.3. The second-order valence-electron chi connectivity index (χ2n) is 6.11. The standard InChI is InChI=1S/C16H14N4O5/c1-7(21)20-11-5-8-12(22)9(16(24)25)6-17-13(8)18-14(11)19-4-2-3-10(19)15(20)23/h5-6,10H,2-4H2,1H3,(H,24,25)(H,17,18,22)/t10-/m0/s1. The van der Waals surface area contributed by atoms with Crippen molar-refractivity contribution in [3.63, 3.8) is 0 Å². The second kappa shape index (κ2) is 5.13. The van der Waals surface area contributed by atoms with Crippen molar-refractivity contribution in [2.75, 3.05) is 16.3 Å². The number of carbonyl (C=O) groups is 3. The highest BCUT2D eigenvalue weighted by molar-refractivity contribution is 6.21. The Bertz CT molecular complexity index is 1010. The fourth-order valence-corrected chi connectivity index (χ4v) is 3.53. The van der Waals surface area contributed by atoms with Crippen LogP contribution in [0.4, 0.5) is 11.5 Å². The lowest BCUT2D eigenvalue weighted by atomic mass is 10.1. The van der Waals surface area contributed by atoms with E-state index in [1.54, 1.807) is 0 Å². The van der Waals surface area contributed by atoms with Crippen molar-refractivity contribution in [1.82, 2.24) is 9.97 Å². The molecule has 0 radical (unpaired) electrons. The number of nitrogens with zero attached hydrogens (tertiary/aromatic N) is 3. The molecule has 25 heavy (non-hydrogen) atoms. The fourth-order valence-electron chi connectivity index (χ4n) is 3.53. The van der Waals surface area contributed by atoms with Gasteiger partial charge in [-0.25, -0.2) is 14.7 Å². The molecule has 0 spiro atoms. The summed E-state index contributed by atoms with van der Waals surface area (Å²) >= 11 is 0. The third-order valence-corrected chi connectivity index (χ3v) is 4.64.